The summed E-state index contributed by atoms with van der Waals surface area (Å²) in [5.74, 6) is -0.0287. The normalized spacial score (nSPS) is 10.2. The lowest BCUT2D eigenvalue weighted by atomic mass is 10.3. The molecular formula is C11H9NO2S2. The third-order valence-corrected chi connectivity index (χ3v) is 4.06. The van der Waals surface area contributed by atoms with Crippen molar-refractivity contribution in [3.63, 3.8) is 0 Å². The van der Waals surface area contributed by atoms with Gasteiger partial charge in [-0.15, -0.1) is 23.1 Å². The molecule has 0 aromatic carbocycles. The lowest BCUT2D eigenvalue weighted by Crippen LogP contribution is -1.89. The molecule has 0 atom stereocenters. The summed E-state index contributed by atoms with van der Waals surface area (Å²) in [5.41, 5.74) is 1.18. The first-order chi connectivity index (χ1) is 7.75. The zero-order valence-corrected chi connectivity index (χ0v) is 9.92. The van der Waals surface area contributed by atoms with Crippen molar-refractivity contribution in [1.82, 2.24) is 4.98 Å². The van der Waals surface area contributed by atoms with E-state index < -0.39 is 5.97 Å². The topological polar surface area (TPSA) is 50.2 Å². The molecule has 0 amide bonds. The highest BCUT2D eigenvalue weighted by Crippen LogP contribution is 2.27. The van der Waals surface area contributed by atoms with E-state index in [1.54, 1.807) is 30.2 Å². The Labute approximate surface area is 101 Å². The summed E-state index contributed by atoms with van der Waals surface area (Å²) in [6.45, 7) is 0. The average molecular weight is 251 g/mol. The van der Waals surface area contributed by atoms with Crippen LogP contribution in [0.1, 0.15) is 15.2 Å². The molecule has 3 nitrogen and oxygen atoms in total. The van der Waals surface area contributed by atoms with Gasteiger partial charge in [0.25, 0.3) is 0 Å². The van der Waals surface area contributed by atoms with Crippen molar-refractivity contribution in [2.45, 2.75) is 10.6 Å². The first-order valence-corrected chi connectivity index (χ1v) is 6.46. The summed E-state index contributed by atoms with van der Waals surface area (Å²) in [7, 11) is 0. The number of carbonyl (C=O) groups is 1. The Morgan fingerprint density at radius 1 is 1.44 bits per heavy atom. The second kappa shape index (κ2) is 5.14. The zero-order chi connectivity index (χ0) is 11.4. The van der Waals surface area contributed by atoms with Crippen LogP contribution in [0.2, 0.25) is 0 Å². The summed E-state index contributed by atoms with van der Waals surface area (Å²) < 4.78 is 0. The van der Waals surface area contributed by atoms with Crippen molar-refractivity contribution in [3.05, 3.63) is 46.4 Å². The minimum Gasteiger partial charge on any atom is -0.477 e. The van der Waals surface area contributed by atoms with Gasteiger partial charge in [0.05, 0.1) is 0 Å². The van der Waals surface area contributed by atoms with E-state index >= 15 is 0 Å². The van der Waals surface area contributed by atoms with Crippen LogP contribution in [0, 0.1) is 0 Å². The average Bonchev–Trinajstić information content (AvgIpc) is 2.76. The smallest absolute Gasteiger partial charge is 0.345 e. The minimum atomic E-state index is -0.860. The van der Waals surface area contributed by atoms with Gasteiger partial charge in [-0.2, -0.15) is 0 Å². The number of carboxylic acids is 1. The molecule has 1 N–H and O–H groups in total. The van der Waals surface area contributed by atoms with Crippen LogP contribution in [0.15, 0.2) is 40.9 Å². The summed E-state index contributed by atoms with van der Waals surface area (Å²) >= 11 is 2.89. The van der Waals surface area contributed by atoms with E-state index in [0.717, 1.165) is 10.6 Å². The second-order valence-corrected chi connectivity index (χ2v) is 5.06. The van der Waals surface area contributed by atoms with Crippen LogP contribution >= 0.6 is 23.1 Å². The van der Waals surface area contributed by atoms with Gasteiger partial charge in [0.15, 0.2) is 0 Å². The Morgan fingerprint density at radius 2 is 2.19 bits per heavy atom. The molecule has 16 heavy (non-hydrogen) atoms. The summed E-state index contributed by atoms with van der Waals surface area (Å²) in [6.07, 6.45) is 3.51. The fourth-order valence-electron chi connectivity index (χ4n) is 1.15. The molecule has 0 unspecified atom stereocenters. The Morgan fingerprint density at radius 3 is 2.81 bits per heavy atom. The van der Waals surface area contributed by atoms with Crippen LogP contribution in [0.25, 0.3) is 0 Å². The molecule has 2 heterocycles. The van der Waals surface area contributed by atoms with E-state index in [4.69, 9.17) is 5.11 Å². The fourth-order valence-corrected chi connectivity index (χ4v) is 2.98. The maximum atomic E-state index is 10.7. The molecule has 0 aliphatic carbocycles. The molecule has 0 radical (unpaired) electrons. The molecule has 82 valence electrons. The van der Waals surface area contributed by atoms with E-state index in [2.05, 4.69) is 4.98 Å². The van der Waals surface area contributed by atoms with Crippen molar-refractivity contribution in [2.75, 3.05) is 0 Å². The molecule has 0 saturated carbocycles. The number of hydrogen-bond donors (Lipinski definition) is 1. The molecule has 5 heteroatoms. The number of thioether (sulfide) groups is 1. The molecule has 0 bridgehead atoms. The van der Waals surface area contributed by atoms with E-state index in [-0.39, 0.29) is 0 Å². The molecule has 2 rings (SSSR count). The highest BCUT2D eigenvalue weighted by molar-refractivity contribution is 7.98. The molecule has 0 fully saturated rings. The largest absolute Gasteiger partial charge is 0.477 e. The van der Waals surface area contributed by atoms with Gasteiger partial charge >= 0.3 is 5.97 Å². The predicted octanol–water partition coefficient (Wildman–Crippen LogP) is 3.13. The predicted molar refractivity (Wildman–Crippen MR) is 65.1 cm³/mol. The van der Waals surface area contributed by atoms with Gasteiger partial charge in [0.1, 0.15) is 4.88 Å². The third-order valence-electron chi connectivity index (χ3n) is 1.94. The van der Waals surface area contributed by atoms with Gasteiger partial charge in [-0.3, -0.25) is 4.98 Å². The van der Waals surface area contributed by atoms with Crippen molar-refractivity contribution in [2.24, 2.45) is 0 Å². The fraction of sp³-hybridized carbons (Fsp3) is 0.0909. The van der Waals surface area contributed by atoms with Crippen molar-refractivity contribution in [3.8, 4) is 0 Å². The van der Waals surface area contributed by atoms with Crippen LogP contribution in [-0.2, 0) is 5.75 Å². The summed E-state index contributed by atoms with van der Waals surface area (Å²) in [4.78, 5) is 16.0. The lowest BCUT2D eigenvalue weighted by molar-refractivity contribution is 0.0702. The minimum absolute atomic E-state index is 0.386. The van der Waals surface area contributed by atoms with E-state index in [1.165, 1.54) is 16.9 Å². The number of hydrogen-bond acceptors (Lipinski definition) is 4. The molecule has 0 aliphatic heterocycles. The Bertz CT molecular complexity index is 482. The van der Waals surface area contributed by atoms with Crippen molar-refractivity contribution in [1.29, 1.82) is 0 Å². The van der Waals surface area contributed by atoms with Gasteiger partial charge in [0, 0.05) is 28.4 Å². The number of rotatable bonds is 4. The highest BCUT2D eigenvalue weighted by atomic mass is 32.2. The van der Waals surface area contributed by atoms with Gasteiger partial charge in [-0.05, 0) is 23.8 Å². The molecule has 0 spiro atoms. The molecule has 2 aromatic rings. The van der Waals surface area contributed by atoms with Gasteiger partial charge in [-0.1, -0.05) is 0 Å². The maximum Gasteiger partial charge on any atom is 0.345 e. The molecular weight excluding hydrogens is 242 g/mol. The first kappa shape index (κ1) is 11.2. The van der Waals surface area contributed by atoms with E-state index in [0.29, 0.717) is 4.88 Å². The number of aromatic nitrogens is 1. The second-order valence-electron chi connectivity index (χ2n) is 3.10. The van der Waals surface area contributed by atoms with Gasteiger partial charge in [0.2, 0.25) is 0 Å². The molecule has 0 saturated heterocycles. The van der Waals surface area contributed by atoms with Crippen LogP contribution in [0.4, 0.5) is 0 Å². The molecule has 0 aliphatic rings. The highest BCUT2D eigenvalue weighted by Gasteiger charge is 2.06. The SMILES string of the molecule is O=C(O)c1cc(SCc2ccncc2)cs1. The Balaban J connectivity index is 1.97. The first-order valence-electron chi connectivity index (χ1n) is 4.59. The van der Waals surface area contributed by atoms with Gasteiger partial charge < -0.3 is 5.11 Å². The molecule has 2 aromatic heterocycles. The van der Waals surface area contributed by atoms with Crippen molar-refractivity contribution < 1.29 is 9.90 Å². The number of carboxylic acid groups (broad SMARTS) is 1. The number of thiophene rings is 1. The van der Waals surface area contributed by atoms with Crippen LogP contribution < -0.4 is 0 Å². The number of nitrogens with zero attached hydrogens (tertiary/aromatic N) is 1. The summed E-state index contributed by atoms with van der Waals surface area (Å²) in [5, 5.41) is 10.6. The Kier molecular flexibility index (Phi) is 3.58. The van der Waals surface area contributed by atoms with E-state index in [1.807, 2.05) is 17.5 Å². The Hall–Kier alpha value is -1.33. The quantitative estimate of drug-likeness (QED) is 0.848. The van der Waals surface area contributed by atoms with Crippen LogP contribution in [0.3, 0.4) is 0 Å². The maximum absolute atomic E-state index is 10.7. The number of pyridine rings is 1. The van der Waals surface area contributed by atoms with Crippen LogP contribution in [-0.4, -0.2) is 16.1 Å². The van der Waals surface area contributed by atoms with Gasteiger partial charge in [-0.25, -0.2) is 4.79 Å². The number of aromatic carboxylic acids is 1. The zero-order valence-electron chi connectivity index (χ0n) is 8.29. The van der Waals surface area contributed by atoms with E-state index in [9.17, 15) is 4.79 Å². The third kappa shape index (κ3) is 2.84. The summed E-state index contributed by atoms with van der Waals surface area (Å²) in [6, 6.07) is 5.62. The standard InChI is InChI=1S/C11H9NO2S2/c13-11(14)10-5-9(7-16-10)15-6-8-1-3-12-4-2-8/h1-5,7H,6H2,(H,13,14). The monoisotopic (exact) mass is 251 g/mol. The van der Waals surface area contributed by atoms with Crippen LogP contribution in [0.5, 0.6) is 0 Å². The lowest BCUT2D eigenvalue weighted by Gasteiger charge is -1.97. The van der Waals surface area contributed by atoms with Crippen molar-refractivity contribution >= 4 is 29.1 Å².